The molecule has 94 valence electrons. The standard InChI is InChI=1S/C11H13ClO4S/c1-11(2)6-15-10-4-3-8(5-9(10)11)16-17(13,14)7-12/h3-5H,6-7H2,1-2H3. The predicted octanol–water partition coefficient (Wildman–Crippen LogP) is 2.26. The van der Waals surface area contributed by atoms with Crippen LogP contribution in [0, 0.1) is 0 Å². The lowest BCUT2D eigenvalue weighted by Crippen LogP contribution is -2.18. The maximum absolute atomic E-state index is 11.2. The van der Waals surface area contributed by atoms with E-state index in [1.165, 1.54) is 0 Å². The minimum absolute atomic E-state index is 0.139. The van der Waals surface area contributed by atoms with Gasteiger partial charge in [-0.15, -0.1) is 11.6 Å². The number of alkyl halides is 1. The van der Waals surface area contributed by atoms with Crippen molar-refractivity contribution in [2.24, 2.45) is 0 Å². The molecule has 0 aromatic heterocycles. The minimum atomic E-state index is -3.70. The molecule has 0 aliphatic carbocycles. The van der Waals surface area contributed by atoms with E-state index >= 15 is 0 Å². The van der Waals surface area contributed by atoms with E-state index in [1.807, 2.05) is 13.8 Å². The van der Waals surface area contributed by atoms with Crippen LogP contribution in [0.15, 0.2) is 18.2 Å². The van der Waals surface area contributed by atoms with Gasteiger partial charge < -0.3 is 8.92 Å². The van der Waals surface area contributed by atoms with Gasteiger partial charge in [0.05, 0.1) is 6.61 Å². The number of hydrogen-bond donors (Lipinski definition) is 0. The molecular weight excluding hydrogens is 264 g/mol. The normalized spacial score (nSPS) is 17.4. The second kappa shape index (κ2) is 4.07. The summed E-state index contributed by atoms with van der Waals surface area (Å²) >= 11 is 5.28. The van der Waals surface area contributed by atoms with Crippen molar-refractivity contribution in [1.29, 1.82) is 0 Å². The topological polar surface area (TPSA) is 52.6 Å². The largest absolute Gasteiger partial charge is 0.492 e. The molecule has 0 atom stereocenters. The highest BCUT2D eigenvalue weighted by atomic mass is 35.5. The van der Waals surface area contributed by atoms with Gasteiger partial charge in [-0.3, -0.25) is 0 Å². The summed E-state index contributed by atoms with van der Waals surface area (Å²) in [5.74, 6) is 1.04. The molecule has 2 rings (SSSR count). The molecule has 0 spiro atoms. The summed E-state index contributed by atoms with van der Waals surface area (Å²) in [6.07, 6.45) is 0. The van der Waals surface area contributed by atoms with Crippen molar-refractivity contribution in [3.05, 3.63) is 23.8 Å². The van der Waals surface area contributed by atoms with Gasteiger partial charge in [0.15, 0.2) is 5.21 Å². The molecule has 1 aliphatic heterocycles. The van der Waals surface area contributed by atoms with Crippen molar-refractivity contribution < 1.29 is 17.3 Å². The number of halogens is 1. The third-order valence-electron chi connectivity index (χ3n) is 2.63. The van der Waals surface area contributed by atoms with Gasteiger partial charge in [-0.2, -0.15) is 8.42 Å². The fourth-order valence-corrected chi connectivity index (χ4v) is 2.30. The lowest BCUT2D eigenvalue weighted by Gasteiger charge is -2.15. The van der Waals surface area contributed by atoms with Crippen molar-refractivity contribution in [2.75, 3.05) is 11.8 Å². The third kappa shape index (κ3) is 2.50. The maximum Gasteiger partial charge on any atom is 0.323 e. The minimum Gasteiger partial charge on any atom is -0.492 e. The first-order valence-electron chi connectivity index (χ1n) is 5.09. The second-order valence-electron chi connectivity index (χ2n) is 4.58. The summed E-state index contributed by atoms with van der Waals surface area (Å²) in [5, 5.41) is -0.565. The van der Waals surface area contributed by atoms with Crippen LogP contribution in [-0.4, -0.2) is 20.2 Å². The lowest BCUT2D eigenvalue weighted by molar-refractivity contribution is 0.291. The fraction of sp³-hybridized carbons (Fsp3) is 0.455. The van der Waals surface area contributed by atoms with Crippen molar-refractivity contribution in [2.45, 2.75) is 19.3 Å². The van der Waals surface area contributed by atoms with Crippen molar-refractivity contribution in [1.82, 2.24) is 0 Å². The van der Waals surface area contributed by atoms with Crippen molar-refractivity contribution in [3.63, 3.8) is 0 Å². The number of rotatable bonds is 3. The van der Waals surface area contributed by atoms with Crippen LogP contribution in [0.1, 0.15) is 19.4 Å². The molecular formula is C11H13ClO4S. The Kier molecular flexibility index (Phi) is 2.99. The van der Waals surface area contributed by atoms with Gasteiger partial charge in [0, 0.05) is 11.0 Å². The van der Waals surface area contributed by atoms with Crippen molar-refractivity contribution in [3.8, 4) is 11.5 Å². The third-order valence-corrected chi connectivity index (χ3v) is 4.14. The Morgan fingerprint density at radius 3 is 2.82 bits per heavy atom. The average molecular weight is 277 g/mol. The maximum atomic E-state index is 11.2. The molecule has 6 heteroatoms. The SMILES string of the molecule is CC1(C)COc2ccc(OS(=O)(=O)CCl)cc21. The number of fused-ring (bicyclic) bond motifs is 1. The van der Waals surface area contributed by atoms with E-state index < -0.39 is 15.3 Å². The van der Waals surface area contributed by atoms with E-state index in [9.17, 15) is 8.42 Å². The Morgan fingerprint density at radius 1 is 1.47 bits per heavy atom. The Hall–Kier alpha value is -0.940. The molecule has 0 amide bonds. The Morgan fingerprint density at radius 2 is 2.18 bits per heavy atom. The van der Waals surface area contributed by atoms with E-state index in [4.69, 9.17) is 20.5 Å². The molecule has 0 saturated carbocycles. The van der Waals surface area contributed by atoms with Crippen molar-refractivity contribution >= 4 is 21.7 Å². The Bertz CT molecular complexity index is 536. The van der Waals surface area contributed by atoms with Gasteiger partial charge in [0.25, 0.3) is 0 Å². The molecule has 1 aliphatic rings. The lowest BCUT2D eigenvalue weighted by atomic mass is 9.87. The second-order valence-corrected chi connectivity index (χ2v) is 6.74. The number of benzene rings is 1. The summed E-state index contributed by atoms with van der Waals surface area (Å²) in [6.45, 7) is 4.63. The summed E-state index contributed by atoms with van der Waals surface area (Å²) < 4.78 is 32.8. The zero-order valence-corrected chi connectivity index (χ0v) is 11.1. The van der Waals surface area contributed by atoms with E-state index in [0.717, 1.165) is 11.3 Å². The molecule has 17 heavy (non-hydrogen) atoms. The molecule has 0 N–H and O–H groups in total. The fourth-order valence-electron chi connectivity index (χ4n) is 1.72. The molecule has 0 saturated heterocycles. The van der Waals surface area contributed by atoms with Gasteiger partial charge in [0.1, 0.15) is 11.5 Å². The van der Waals surface area contributed by atoms with Crippen LogP contribution in [0.5, 0.6) is 11.5 Å². The van der Waals surface area contributed by atoms with Gasteiger partial charge in [-0.25, -0.2) is 0 Å². The first kappa shape index (κ1) is 12.5. The molecule has 0 unspecified atom stereocenters. The van der Waals surface area contributed by atoms with E-state index in [1.54, 1.807) is 18.2 Å². The van der Waals surface area contributed by atoms with Crippen LogP contribution < -0.4 is 8.92 Å². The first-order valence-corrected chi connectivity index (χ1v) is 7.21. The Labute approximate surface area is 106 Å². The highest BCUT2D eigenvalue weighted by molar-refractivity contribution is 7.88. The van der Waals surface area contributed by atoms with E-state index in [0.29, 0.717) is 6.61 Å². The van der Waals surface area contributed by atoms with E-state index in [-0.39, 0.29) is 11.2 Å². The van der Waals surface area contributed by atoms with Gasteiger partial charge in [-0.05, 0) is 18.2 Å². The van der Waals surface area contributed by atoms with Crippen LogP contribution in [-0.2, 0) is 15.5 Å². The number of ether oxygens (including phenoxy) is 1. The van der Waals surface area contributed by atoms with Crippen LogP contribution in [0.2, 0.25) is 0 Å². The van der Waals surface area contributed by atoms with Gasteiger partial charge in [0.2, 0.25) is 0 Å². The molecule has 0 bridgehead atoms. The van der Waals surface area contributed by atoms with Gasteiger partial charge in [-0.1, -0.05) is 13.8 Å². The van der Waals surface area contributed by atoms with Crippen LogP contribution in [0.4, 0.5) is 0 Å². The average Bonchev–Trinajstić information content (AvgIpc) is 2.55. The monoisotopic (exact) mass is 276 g/mol. The molecule has 1 aromatic rings. The summed E-state index contributed by atoms with van der Waals surface area (Å²) in [6, 6.07) is 4.96. The predicted molar refractivity (Wildman–Crippen MR) is 65.2 cm³/mol. The Balaban J connectivity index is 2.35. The summed E-state index contributed by atoms with van der Waals surface area (Å²) in [5.41, 5.74) is 0.805. The number of hydrogen-bond acceptors (Lipinski definition) is 4. The first-order chi connectivity index (χ1) is 7.84. The zero-order valence-electron chi connectivity index (χ0n) is 9.57. The molecule has 1 heterocycles. The van der Waals surface area contributed by atoms with Gasteiger partial charge >= 0.3 is 10.1 Å². The quantitative estimate of drug-likeness (QED) is 0.628. The van der Waals surface area contributed by atoms with Crippen LogP contribution in [0.3, 0.4) is 0 Å². The zero-order chi connectivity index (χ0) is 12.7. The highest BCUT2D eigenvalue weighted by Gasteiger charge is 2.32. The van der Waals surface area contributed by atoms with Crippen LogP contribution in [0.25, 0.3) is 0 Å². The molecule has 0 radical (unpaired) electrons. The van der Waals surface area contributed by atoms with E-state index in [2.05, 4.69) is 0 Å². The molecule has 0 fully saturated rings. The summed E-state index contributed by atoms with van der Waals surface area (Å²) in [7, 11) is -3.70. The highest BCUT2D eigenvalue weighted by Crippen LogP contribution is 2.40. The molecule has 4 nitrogen and oxygen atoms in total. The molecule has 1 aromatic carbocycles. The summed E-state index contributed by atoms with van der Waals surface area (Å²) in [4.78, 5) is 0. The smallest absolute Gasteiger partial charge is 0.323 e. The van der Waals surface area contributed by atoms with Crippen LogP contribution >= 0.6 is 11.6 Å².